The molecule has 2 aromatic rings. The largest absolute Gasteiger partial charge is 0.474 e. The van der Waals surface area contributed by atoms with Crippen LogP contribution in [0.4, 0.5) is 5.69 Å². The zero-order chi connectivity index (χ0) is 14.2. The lowest BCUT2D eigenvalue weighted by Crippen LogP contribution is -2.21. The minimum atomic E-state index is -1.55. The predicted octanol–water partition coefficient (Wildman–Crippen LogP) is 1.90. The summed E-state index contributed by atoms with van der Waals surface area (Å²) < 4.78 is 0.719. The van der Waals surface area contributed by atoms with Crippen molar-refractivity contribution in [2.75, 3.05) is 5.32 Å². The molecule has 1 amide bonds. The molecule has 0 unspecified atom stereocenters. The van der Waals surface area contributed by atoms with E-state index in [1.807, 2.05) is 6.92 Å². The molecule has 0 aliphatic heterocycles. The molecule has 0 spiro atoms. The molecule has 0 bridgehead atoms. The van der Waals surface area contributed by atoms with Gasteiger partial charge in [0.2, 0.25) is 0 Å². The molecule has 2 N–H and O–H groups in total. The van der Waals surface area contributed by atoms with E-state index in [2.05, 4.69) is 5.32 Å². The van der Waals surface area contributed by atoms with Crippen molar-refractivity contribution in [1.29, 1.82) is 0 Å². The van der Waals surface area contributed by atoms with Crippen LogP contribution in [-0.2, 0) is 9.59 Å². The number of carboxylic acids is 1. The summed E-state index contributed by atoms with van der Waals surface area (Å²) in [5, 5.41) is 11.3. The third kappa shape index (κ3) is 2.48. The maximum Gasteiger partial charge on any atom is 0.394 e. The lowest BCUT2D eigenvalue weighted by Gasteiger charge is -2.05. The van der Waals surface area contributed by atoms with Gasteiger partial charge in [-0.3, -0.25) is 9.59 Å². The van der Waals surface area contributed by atoms with E-state index in [4.69, 9.17) is 5.11 Å². The Hall–Kier alpha value is -2.21. The lowest BCUT2D eigenvalue weighted by atomic mass is 10.2. The Bertz CT molecular complexity index is 748. The van der Waals surface area contributed by atoms with Gasteiger partial charge in [0.1, 0.15) is 0 Å². The van der Waals surface area contributed by atoms with Crippen molar-refractivity contribution in [1.82, 2.24) is 0 Å². The number of amides is 1. The number of hydrogen-bond donors (Lipinski definition) is 2. The Morgan fingerprint density at radius 1 is 1.26 bits per heavy atom. The molecule has 0 saturated heterocycles. The van der Waals surface area contributed by atoms with Gasteiger partial charge in [-0.05, 0) is 32.0 Å². The lowest BCUT2D eigenvalue weighted by molar-refractivity contribution is -0.147. The van der Waals surface area contributed by atoms with Gasteiger partial charge in [0.25, 0.3) is 0 Å². The van der Waals surface area contributed by atoms with Crippen molar-refractivity contribution >= 4 is 39.0 Å². The smallest absolute Gasteiger partial charge is 0.394 e. The van der Waals surface area contributed by atoms with Crippen LogP contribution in [0.1, 0.15) is 10.4 Å². The van der Waals surface area contributed by atoms with Gasteiger partial charge in [-0.1, -0.05) is 0 Å². The molecule has 0 saturated carbocycles. The van der Waals surface area contributed by atoms with E-state index in [0.717, 1.165) is 9.58 Å². The molecule has 0 aliphatic carbocycles. The fourth-order valence-electron chi connectivity index (χ4n) is 1.66. The van der Waals surface area contributed by atoms with Gasteiger partial charge in [0.05, 0.1) is 0 Å². The van der Waals surface area contributed by atoms with Gasteiger partial charge in [-0.15, -0.1) is 11.3 Å². The number of anilines is 1. The summed E-state index contributed by atoms with van der Waals surface area (Å²) in [6.07, 6.45) is 0. The first-order valence-electron chi connectivity index (χ1n) is 5.48. The molecule has 5 nitrogen and oxygen atoms in total. The van der Waals surface area contributed by atoms with Crippen LogP contribution >= 0.6 is 11.3 Å². The fraction of sp³-hybridized carbons (Fsp3) is 0.154. The van der Waals surface area contributed by atoms with Crippen LogP contribution in [0.2, 0.25) is 0 Å². The first-order chi connectivity index (χ1) is 8.90. The van der Waals surface area contributed by atoms with Gasteiger partial charge < -0.3 is 10.4 Å². The molecule has 6 heteroatoms. The molecule has 0 aliphatic rings. The molecular formula is C13H11NO4S. The number of hydrogen-bond acceptors (Lipinski definition) is 4. The number of fused-ring (bicyclic) bond motifs is 1. The number of carboxylic acid groups (broad SMARTS) is 1. The highest BCUT2D eigenvalue weighted by Crippen LogP contribution is 2.24. The number of aliphatic carboxylic acids is 1. The molecule has 0 radical (unpaired) electrons. The summed E-state index contributed by atoms with van der Waals surface area (Å²) in [4.78, 5) is 34.4. The summed E-state index contributed by atoms with van der Waals surface area (Å²) in [6, 6.07) is 4.72. The van der Waals surface area contributed by atoms with Crippen molar-refractivity contribution in [2.24, 2.45) is 0 Å². The highest BCUT2D eigenvalue weighted by atomic mass is 32.1. The topological polar surface area (TPSA) is 83.5 Å². The predicted molar refractivity (Wildman–Crippen MR) is 73.8 cm³/mol. The van der Waals surface area contributed by atoms with Crippen LogP contribution in [0, 0.1) is 13.8 Å². The summed E-state index contributed by atoms with van der Waals surface area (Å²) in [6.45, 7) is 3.62. The molecular weight excluding hydrogens is 266 g/mol. The second-order valence-electron chi connectivity index (χ2n) is 4.08. The van der Waals surface area contributed by atoms with Crippen molar-refractivity contribution in [3.05, 3.63) is 38.9 Å². The Morgan fingerprint density at radius 3 is 2.58 bits per heavy atom. The molecule has 2 rings (SSSR count). The number of benzene rings is 1. The number of aryl methyl sites for hydroxylation is 1. The van der Waals surface area contributed by atoms with Gasteiger partial charge in [-0.2, -0.15) is 0 Å². The molecule has 1 aromatic carbocycles. The standard InChI is InChI=1S/C13H11NO4S/c1-6-7(2)19-10-5-8(14-12(16)13(17)18)3-4-9(10)11(6)15/h3-5H,1-2H3,(H,14,16)(H,17,18). The Labute approximate surface area is 112 Å². The van der Waals surface area contributed by atoms with Crippen molar-refractivity contribution in [3.8, 4) is 0 Å². The summed E-state index contributed by atoms with van der Waals surface area (Å²) >= 11 is 1.43. The van der Waals surface area contributed by atoms with Crippen molar-refractivity contribution in [3.63, 3.8) is 0 Å². The van der Waals surface area contributed by atoms with E-state index >= 15 is 0 Å². The highest BCUT2D eigenvalue weighted by Gasteiger charge is 2.12. The summed E-state index contributed by atoms with van der Waals surface area (Å²) in [5.41, 5.74) is 1.03. The van der Waals surface area contributed by atoms with E-state index in [1.54, 1.807) is 19.1 Å². The first-order valence-corrected chi connectivity index (χ1v) is 6.30. The minimum Gasteiger partial charge on any atom is -0.474 e. The van der Waals surface area contributed by atoms with Gasteiger partial charge in [0, 0.05) is 26.2 Å². The average molecular weight is 277 g/mol. The maximum atomic E-state index is 12.0. The number of carbonyl (C=O) groups excluding carboxylic acids is 1. The molecule has 1 heterocycles. The normalized spacial score (nSPS) is 10.4. The SMILES string of the molecule is Cc1sc2cc(NC(=O)C(=O)O)ccc2c(=O)c1C. The zero-order valence-corrected chi connectivity index (χ0v) is 11.1. The third-order valence-corrected chi connectivity index (χ3v) is 3.98. The van der Waals surface area contributed by atoms with Gasteiger partial charge in [0.15, 0.2) is 5.43 Å². The van der Waals surface area contributed by atoms with Crippen LogP contribution < -0.4 is 10.7 Å². The number of rotatable bonds is 1. The van der Waals surface area contributed by atoms with Gasteiger partial charge >= 0.3 is 11.9 Å². The van der Waals surface area contributed by atoms with E-state index in [1.165, 1.54) is 17.4 Å². The Morgan fingerprint density at radius 2 is 1.95 bits per heavy atom. The summed E-state index contributed by atoms with van der Waals surface area (Å²) in [5.74, 6) is -2.65. The number of nitrogens with one attached hydrogen (secondary N) is 1. The molecule has 98 valence electrons. The van der Waals surface area contributed by atoms with Crippen LogP contribution in [0.15, 0.2) is 23.0 Å². The molecule has 0 fully saturated rings. The highest BCUT2D eigenvalue weighted by molar-refractivity contribution is 7.18. The fourth-order valence-corrected chi connectivity index (χ4v) is 2.69. The second kappa shape index (κ2) is 4.81. The second-order valence-corrected chi connectivity index (χ2v) is 5.34. The van der Waals surface area contributed by atoms with Crippen molar-refractivity contribution < 1.29 is 14.7 Å². The molecule has 1 aromatic heterocycles. The van der Waals surface area contributed by atoms with Crippen LogP contribution in [-0.4, -0.2) is 17.0 Å². The number of carbonyl (C=O) groups is 2. The molecule has 19 heavy (non-hydrogen) atoms. The van der Waals surface area contributed by atoms with Crippen LogP contribution in [0.5, 0.6) is 0 Å². The third-order valence-electron chi connectivity index (χ3n) is 2.81. The minimum absolute atomic E-state index is 0.0395. The van der Waals surface area contributed by atoms with E-state index in [0.29, 0.717) is 16.6 Å². The van der Waals surface area contributed by atoms with E-state index in [9.17, 15) is 14.4 Å². The van der Waals surface area contributed by atoms with Gasteiger partial charge in [-0.25, -0.2) is 4.79 Å². The van der Waals surface area contributed by atoms with Crippen molar-refractivity contribution in [2.45, 2.75) is 13.8 Å². The Balaban J connectivity index is 2.53. The summed E-state index contributed by atoms with van der Waals surface area (Å²) in [7, 11) is 0. The quantitative estimate of drug-likeness (QED) is 0.780. The monoisotopic (exact) mass is 277 g/mol. The van der Waals surface area contributed by atoms with E-state index < -0.39 is 11.9 Å². The maximum absolute atomic E-state index is 12.0. The first kappa shape index (κ1) is 13.2. The average Bonchev–Trinajstić information content (AvgIpc) is 2.35. The van der Waals surface area contributed by atoms with Crippen LogP contribution in [0.25, 0.3) is 10.1 Å². The zero-order valence-electron chi connectivity index (χ0n) is 10.3. The van der Waals surface area contributed by atoms with Crippen LogP contribution in [0.3, 0.4) is 0 Å². The van der Waals surface area contributed by atoms with E-state index in [-0.39, 0.29) is 5.43 Å². The molecule has 0 atom stereocenters. The Kier molecular flexibility index (Phi) is 3.35.